The average Bonchev–Trinajstić information content (AvgIpc) is 3.27. The van der Waals surface area contributed by atoms with Crippen LogP contribution in [0.4, 0.5) is 4.79 Å². The van der Waals surface area contributed by atoms with Crippen molar-refractivity contribution in [2.45, 2.75) is 55.2 Å². The van der Waals surface area contributed by atoms with Crippen LogP contribution in [0.15, 0.2) is 66.7 Å². The Hall–Kier alpha value is -3.26. The zero-order valence-corrected chi connectivity index (χ0v) is 23.3. The molecule has 0 heterocycles. The van der Waals surface area contributed by atoms with Crippen molar-refractivity contribution in [3.63, 3.8) is 0 Å². The van der Waals surface area contributed by atoms with Gasteiger partial charge in [0, 0.05) is 17.5 Å². The second-order valence-corrected chi connectivity index (χ2v) is 11.8. The molecule has 2 amide bonds. The topological polar surface area (TPSA) is 96.9 Å². The fraction of sp³-hybridized carbons (Fsp3) is 0.355. The molecule has 0 radical (unpaired) electrons. The maximum atomic E-state index is 13.0. The van der Waals surface area contributed by atoms with Crippen LogP contribution in [0.1, 0.15) is 49.1 Å². The van der Waals surface area contributed by atoms with Gasteiger partial charge in [0.2, 0.25) is 0 Å². The fourth-order valence-corrected chi connectivity index (χ4v) is 6.83. The number of hydrogen-bond donors (Lipinski definition) is 3. The molecule has 9 heteroatoms. The summed E-state index contributed by atoms with van der Waals surface area (Å²) in [5, 5.41) is 17.9. The number of alkyl carbamates (subject to hydrolysis) is 1. The first kappa shape index (κ1) is 26.9. The van der Waals surface area contributed by atoms with Crippen LogP contribution in [0.5, 0.6) is 5.75 Å². The van der Waals surface area contributed by atoms with Gasteiger partial charge < -0.3 is 25.2 Å². The minimum atomic E-state index is -0.808. The van der Waals surface area contributed by atoms with Gasteiger partial charge in [-0.2, -0.15) is 0 Å². The maximum absolute atomic E-state index is 13.0. The number of rotatable bonds is 7. The van der Waals surface area contributed by atoms with E-state index in [1.54, 1.807) is 18.2 Å². The van der Waals surface area contributed by atoms with E-state index in [0.717, 1.165) is 11.1 Å². The van der Waals surface area contributed by atoms with Gasteiger partial charge in [0.05, 0.1) is 21.7 Å². The molecule has 7 rings (SSSR count). The van der Waals surface area contributed by atoms with E-state index in [1.807, 2.05) is 24.3 Å². The van der Waals surface area contributed by atoms with Gasteiger partial charge in [0.1, 0.15) is 12.4 Å². The van der Waals surface area contributed by atoms with Gasteiger partial charge in [0.25, 0.3) is 5.91 Å². The average molecular weight is 581 g/mol. The van der Waals surface area contributed by atoms with Crippen LogP contribution in [0.3, 0.4) is 0 Å². The largest absolute Gasteiger partial charge is 0.484 e. The maximum Gasteiger partial charge on any atom is 0.407 e. The van der Waals surface area contributed by atoms with Gasteiger partial charge in [-0.25, -0.2) is 4.79 Å². The molecule has 4 aliphatic carbocycles. The van der Waals surface area contributed by atoms with Gasteiger partial charge in [-0.1, -0.05) is 71.7 Å². The lowest BCUT2D eigenvalue weighted by Gasteiger charge is -2.56. The molecule has 3 saturated carbocycles. The predicted molar refractivity (Wildman–Crippen MR) is 153 cm³/mol. The summed E-state index contributed by atoms with van der Waals surface area (Å²) in [5.74, 6) is 0.0816. The summed E-state index contributed by atoms with van der Waals surface area (Å²) in [5.41, 5.74) is 3.35. The van der Waals surface area contributed by atoms with Crippen LogP contribution in [0.25, 0.3) is 11.1 Å². The van der Waals surface area contributed by atoms with E-state index < -0.39 is 23.3 Å². The SMILES string of the molecule is O=C(COc1ccc(Cl)c(Cl)c1)NC12CCC(NC(=O)OCC3c4ccccc4-c4ccccc43)(CC1)C[C@H]2O. The summed E-state index contributed by atoms with van der Waals surface area (Å²) in [4.78, 5) is 25.7. The van der Waals surface area contributed by atoms with Gasteiger partial charge in [-0.15, -0.1) is 0 Å². The van der Waals surface area contributed by atoms with Crippen molar-refractivity contribution in [2.24, 2.45) is 0 Å². The lowest BCUT2D eigenvalue weighted by atomic mass is 9.60. The van der Waals surface area contributed by atoms with E-state index in [0.29, 0.717) is 47.9 Å². The number of benzene rings is 3. The zero-order chi connectivity index (χ0) is 27.9. The van der Waals surface area contributed by atoms with Crippen molar-refractivity contribution in [2.75, 3.05) is 13.2 Å². The molecule has 0 unspecified atom stereocenters. The van der Waals surface area contributed by atoms with E-state index in [4.69, 9.17) is 32.7 Å². The molecule has 40 heavy (non-hydrogen) atoms. The first-order valence-electron chi connectivity index (χ1n) is 13.5. The third-order valence-corrected chi connectivity index (χ3v) is 9.42. The van der Waals surface area contributed by atoms with Crippen LogP contribution in [0, 0.1) is 0 Å². The van der Waals surface area contributed by atoms with E-state index in [1.165, 1.54) is 11.1 Å². The van der Waals surface area contributed by atoms with Crippen molar-refractivity contribution in [3.8, 4) is 16.9 Å². The van der Waals surface area contributed by atoms with Crippen molar-refractivity contribution < 1.29 is 24.2 Å². The molecule has 7 nitrogen and oxygen atoms in total. The van der Waals surface area contributed by atoms with Crippen molar-refractivity contribution in [1.29, 1.82) is 0 Å². The lowest BCUT2D eigenvalue weighted by Crippen LogP contribution is -2.70. The Morgan fingerprint density at radius 3 is 2.15 bits per heavy atom. The Kier molecular flexibility index (Phi) is 7.15. The summed E-state index contributed by atoms with van der Waals surface area (Å²) in [6.07, 6.45) is 1.38. The number of ether oxygens (including phenoxy) is 2. The molecule has 4 aliphatic rings. The molecule has 0 aromatic heterocycles. The smallest absolute Gasteiger partial charge is 0.407 e. The van der Waals surface area contributed by atoms with E-state index in [-0.39, 0.29) is 25.0 Å². The van der Waals surface area contributed by atoms with Gasteiger partial charge in [-0.3, -0.25) is 4.79 Å². The molecule has 3 aromatic rings. The molecule has 0 spiro atoms. The van der Waals surface area contributed by atoms with Crippen molar-refractivity contribution >= 4 is 35.2 Å². The first-order valence-corrected chi connectivity index (χ1v) is 14.2. The van der Waals surface area contributed by atoms with Gasteiger partial charge >= 0.3 is 6.09 Å². The highest BCUT2D eigenvalue weighted by molar-refractivity contribution is 6.42. The summed E-state index contributed by atoms with van der Waals surface area (Å²) < 4.78 is 11.3. The molecule has 3 aromatic carbocycles. The molecular weight excluding hydrogens is 551 g/mol. The second kappa shape index (κ2) is 10.6. The second-order valence-electron chi connectivity index (χ2n) is 11.0. The minimum Gasteiger partial charge on any atom is -0.484 e. The zero-order valence-electron chi connectivity index (χ0n) is 21.8. The normalized spacial score (nSPS) is 24.6. The molecule has 0 saturated heterocycles. The number of halogens is 2. The third-order valence-electron chi connectivity index (χ3n) is 8.68. The number of nitrogens with one attached hydrogen (secondary N) is 2. The highest BCUT2D eigenvalue weighted by Crippen LogP contribution is 2.48. The molecular formula is C31H30Cl2N2O5. The summed E-state index contributed by atoms with van der Waals surface area (Å²) in [6.45, 7) is 0.0207. The van der Waals surface area contributed by atoms with Crippen LogP contribution >= 0.6 is 23.2 Å². The van der Waals surface area contributed by atoms with Crippen LogP contribution in [0.2, 0.25) is 10.0 Å². The van der Waals surface area contributed by atoms with E-state index in [2.05, 4.69) is 34.9 Å². The molecule has 3 fully saturated rings. The number of amides is 2. The van der Waals surface area contributed by atoms with Gasteiger partial charge in [0.15, 0.2) is 6.61 Å². The first-order chi connectivity index (χ1) is 19.3. The third kappa shape index (κ3) is 5.02. The molecule has 3 N–H and O–H groups in total. The Bertz CT molecular complexity index is 1410. The minimum absolute atomic E-state index is 0.0204. The molecule has 1 atom stereocenters. The Balaban J connectivity index is 1.03. The van der Waals surface area contributed by atoms with Crippen molar-refractivity contribution in [3.05, 3.63) is 87.9 Å². The molecule has 0 aliphatic heterocycles. The number of carbonyl (C=O) groups excluding carboxylic acids is 2. The number of hydrogen-bond acceptors (Lipinski definition) is 5. The highest BCUT2D eigenvalue weighted by atomic mass is 35.5. The highest BCUT2D eigenvalue weighted by Gasteiger charge is 2.55. The number of fused-ring (bicyclic) bond motifs is 6. The predicted octanol–water partition coefficient (Wildman–Crippen LogP) is 5.84. The number of carbonyl (C=O) groups is 2. The Morgan fingerprint density at radius 2 is 1.52 bits per heavy atom. The monoisotopic (exact) mass is 580 g/mol. The Morgan fingerprint density at radius 1 is 0.875 bits per heavy atom. The van der Waals surface area contributed by atoms with Crippen LogP contribution < -0.4 is 15.4 Å². The van der Waals surface area contributed by atoms with Gasteiger partial charge in [-0.05, 0) is 66.5 Å². The number of aliphatic hydroxyl groups is 1. The Labute approximate surface area is 242 Å². The standard InChI is InChI=1S/C31H30Cl2N2O5/c32-25-10-9-19(15-26(25)33)39-18-28(37)34-31-13-11-30(12-14-31,16-27(31)36)35-29(38)40-17-24-22-7-3-1-5-20(22)21-6-2-4-8-23(21)24/h1-10,15,24,27,36H,11-14,16-18H2,(H,34,37)(H,35,38)/t27-,30?,31?/m1/s1. The summed E-state index contributed by atoms with van der Waals surface area (Å²) in [6, 6.07) is 21.2. The fourth-order valence-electron chi connectivity index (χ4n) is 6.54. The lowest BCUT2D eigenvalue weighted by molar-refractivity contribution is -0.132. The summed E-state index contributed by atoms with van der Waals surface area (Å²) >= 11 is 11.9. The van der Waals surface area contributed by atoms with Crippen LogP contribution in [-0.2, 0) is 9.53 Å². The summed E-state index contributed by atoms with van der Waals surface area (Å²) in [7, 11) is 0. The van der Waals surface area contributed by atoms with E-state index in [9.17, 15) is 14.7 Å². The molecule has 208 valence electrons. The van der Waals surface area contributed by atoms with Crippen LogP contribution in [-0.4, -0.2) is 47.5 Å². The van der Waals surface area contributed by atoms with Crippen molar-refractivity contribution in [1.82, 2.24) is 10.6 Å². The quantitative estimate of drug-likeness (QED) is 0.326. The molecule has 2 bridgehead atoms. The number of aliphatic hydroxyl groups excluding tert-OH is 1. The van der Waals surface area contributed by atoms with E-state index >= 15 is 0 Å².